The van der Waals surface area contributed by atoms with Crippen molar-refractivity contribution in [3.05, 3.63) is 102 Å². The van der Waals surface area contributed by atoms with Crippen LogP contribution in [-0.2, 0) is 17.6 Å². The molecular weight excluding hydrogens is 312 g/mol. The second-order valence-electron chi connectivity index (χ2n) is 5.94. The third-order valence-corrected chi connectivity index (χ3v) is 3.99. The Labute approximate surface area is 147 Å². The van der Waals surface area contributed by atoms with Crippen molar-refractivity contribution in [3.8, 4) is 5.75 Å². The number of rotatable bonds is 7. The number of ether oxygens (including phenoxy) is 1. The average molecular weight is 332 g/mol. The van der Waals surface area contributed by atoms with E-state index in [-0.39, 0.29) is 0 Å². The van der Waals surface area contributed by atoms with Gasteiger partial charge in [0.2, 0.25) is 0 Å². The zero-order chi connectivity index (χ0) is 17.5. The smallest absolute Gasteiger partial charge is 0.345 e. The molecule has 0 amide bonds. The Bertz CT molecular complexity index is 796. The molecule has 0 aliphatic rings. The second kappa shape index (κ2) is 8.15. The summed E-state index contributed by atoms with van der Waals surface area (Å²) < 4.78 is 5.69. The van der Waals surface area contributed by atoms with Crippen LogP contribution in [0.5, 0.6) is 5.75 Å². The number of carboxylic acids is 1. The van der Waals surface area contributed by atoms with E-state index in [1.165, 1.54) is 5.56 Å². The summed E-state index contributed by atoms with van der Waals surface area (Å²) in [6, 6.07) is 27.3. The Balaban J connectivity index is 1.65. The van der Waals surface area contributed by atoms with Crippen LogP contribution in [0.2, 0.25) is 0 Å². The monoisotopic (exact) mass is 332 g/mol. The van der Waals surface area contributed by atoms with Crippen LogP contribution in [0.3, 0.4) is 0 Å². The summed E-state index contributed by atoms with van der Waals surface area (Å²) in [7, 11) is 0. The minimum absolute atomic E-state index is 0.335. The molecule has 3 aromatic rings. The van der Waals surface area contributed by atoms with Gasteiger partial charge in [-0.2, -0.15) is 0 Å². The van der Waals surface area contributed by atoms with Crippen molar-refractivity contribution >= 4 is 5.97 Å². The highest BCUT2D eigenvalue weighted by Crippen LogP contribution is 2.18. The number of carbonyl (C=O) groups is 1. The summed E-state index contributed by atoms with van der Waals surface area (Å²) in [4.78, 5) is 11.5. The summed E-state index contributed by atoms with van der Waals surface area (Å²) in [5.74, 6) is -0.391. The van der Waals surface area contributed by atoms with E-state index >= 15 is 0 Å². The van der Waals surface area contributed by atoms with E-state index in [0.717, 1.165) is 17.5 Å². The molecule has 0 saturated heterocycles. The van der Waals surface area contributed by atoms with Crippen LogP contribution in [0, 0.1) is 0 Å². The molecule has 0 saturated carbocycles. The predicted molar refractivity (Wildman–Crippen MR) is 97.9 cm³/mol. The first-order valence-electron chi connectivity index (χ1n) is 8.27. The lowest BCUT2D eigenvalue weighted by Gasteiger charge is -2.15. The third-order valence-electron chi connectivity index (χ3n) is 3.99. The van der Waals surface area contributed by atoms with Gasteiger partial charge in [0.05, 0.1) is 0 Å². The first-order chi connectivity index (χ1) is 12.2. The standard InChI is InChI=1S/C22H20O3/c23-22(24)21(16-18-9-5-2-6-10-18)25-20-13-11-19(12-14-20)15-17-7-3-1-4-8-17/h1-14,21H,15-16H2,(H,23,24)/t21-/m1/s1. The third kappa shape index (κ3) is 4.95. The van der Waals surface area contributed by atoms with Crippen LogP contribution in [0.4, 0.5) is 0 Å². The Kier molecular flexibility index (Phi) is 5.47. The number of aliphatic carboxylic acids is 1. The van der Waals surface area contributed by atoms with Crippen molar-refractivity contribution in [2.45, 2.75) is 18.9 Å². The fourth-order valence-electron chi connectivity index (χ4n) is 2.69. The highest BCUT2D eigenvalue weighted by molar-refractivity contribution is 5.73. The van der Waals surface area contributed by atoms with Gasteiger partial charge >= 0.3 is 5.97 Å². The molecule has 3 rings (SSSR count). The maximum atomic E-state index is 11.5. The van der Waals surface area contributed by atoms with Gasteiger partial charge in [0, 0.05) is 6.42 Å². The van der Waals surface area contributed by atoms with Crippen LogP contribution in [0.25, 0.3) is 0 Å². The van der Waals surface area contributed by atoms with E-state index in [2.05, 4.69) is 12.1 Å². The van der Waals surface area contributed by atoms with E-state index in [9.17, 15) is 9.90 Å². The van der Waals surface area contributed by atoms with Gasteiger partial charge in [-0.15, -0.1) is 0 Å². The van der Waals surface area contributed by atoms with Crippen molar-refractivity contribution in [3.63, 3.8) is 0 Å². The largest absolute Gasteiger partial charge is 0.478 e. The molecule has 25 heavy (non-hydrogen) atoms. The van der Waals surface area contributed by atoms with Gasteiger partial charge in [-0.25, -0.2) is 4.79 Å². The molecule has 0 radical (unpaired) electrons. The average Bonchev–Trinajstić information content (AvgIpc) is 2.64. The zero-order valence-electron chi connectivity index (χ0n) is 13.8. The topological polar surface area (TPSA) is 46.5 Å². The van der Waals surface area contributed by atoms with Crippen LogP contribution in [0.1, 0.15) is 16.7 Å². The minimum atomic E-state index is -0.961. The van der Waals surface area contributed by atoms with Crippen molar-refractivity contribution in [2.24, 2.45) is 0 Å². The van der Waals surface area contributed by atoms with Crippen LogP contribution < -0.4 is 4.74 Å². The molecule has 0 aliphatic carbocycles. The van der Waals surface area contributed by atoms with Crippen LogP contribution in [-0.4, -0.2) is 17.2 Å². The first-order valence-corrected chi connectivity index (χ1v) is 8.27. The first kappa shape index (κ1) is 16.8. The van der Waals surface area contributed by atoms with E-state index in [1.54, 1.807) is 0 Å². The Hall–Kier alpha value is -3.07. The van der Waals surface area contributed by atoms with E-state index in [4.69, 9.17) is 4.74 Å². The number of hydrogen-bond acceptors (Lipinski definition) is 2. The summed E-state index contributed by atoms with van der Waals surface area (Å²) in [6.07, 6.45) is 0.275. The summed E-state index contributed by atoms with van der Waals surface area (Å²) in [5, 5.41) is 9.42. The van der Waals surface area contributed by atoms with Crippen molar-refractivity contribution in [2.75, 3.05) is 0 Å². The van der Waals surface area contributed by atoms with Gasteiger partial charge < -0.3 is 9.84 Å². The van der Waals surface area contributed by atoms with Crippen molar-refractivity contribution < 1.29 is 14.6 Å². The van der Waals surface area contributed by atoms with Gasteiger partial charge in [-0.1, -0.05) is 72.8 Å². The molecule has 0 aliphatic heterocycles. The van der Waals surface area contributed by atoms with Crippen molar-refractivity contribution in [1.82, 2.24) is 0 Å². The number of carboxylic acid groups (broad SMARTS) is 1. The molecule has 0 unspecified atom stereocenters. The van der Waals surface area contributed by atoms with E-state index in [0.29, 0.717) is 12.2 Å². The SMILES string of the molecule is O=C(O)[C@@H](Cc1ccccc1)Oc1ccc(Cc2ccccc2)cc1. The molecule has 3 aromatic carbocycles. The van der Waals surface area contributed by atoms with E-state index in [1.807, 2.05) is 72.8 Å². The lowest BCUT2D eigenvalue weighted by molar-refractivity contribution is -0.145. The fraction of sp³-hybridized carbons (Fsp3) is 0.136. The van der Waals surface area contributed by atoms with Gasteiger partial charge in [0.25, 0.3) is 0 Å². The molecule has 3 heteroatoms. The van der Waals surface area contributed by atoms with Gasteiger partial charge in [0.1, 0.15) is 5.75 Å². The quantitative estimate of drug-likeness (QED) is 0.699. The molecule has 3 nitrogen and oxygen atoms in total. The van der Waals surface area contributed by atoms with Crippen LogP contribution in [0.15, 0.2) is 84.9 Å². The van der Waals surface area contributed by atoms with Gasteiger partial charge in [-0.3, -0.25) is 0 Å². The predicted octanol–water partition coefficient (Wildman–Crippen LogP) is 4.35. The van der Waals surface area contributed by atoms with Gasteiger partial charge in [0.15, 0.2) is 6.10 Å². The molecule has 0 fully saturated rings. The normalized spacial score (nSPS) is 11.7. The maximum Gasteiger partial charge on any atom is 0.345 e. The molecule has 0 aromatic heterocycles. The molecule has 0 bridgehead atoms. The van der Waals surface area contributed by atoms with Crippen molar-refractivity contribution in [1.29, 1.82) is 0 Å². The molecule has 1 atom stereocenters. The highest BCUT2D eigenvalue weighted by Gasteiger charge is 2.20. The molecule has 0 heterocycles. The lowest BCUT2D eigenvalue weighted by Crippen LogP contribution is -2.29. The maximum absolute atomic E-state index is 11.5. The summed E-state index contributed by atoms with van der Waals surface area (Å²) >= 11 is 0. The second-order valence-corrected chi connectivity index (χ2v) is 5.94. The minimum Gasteiger partial charge on any atom is -0.478 e. The summed E-state index contributed by atoms with van der Waals surface area (Å²) in [5.41, 5.74) is 3.34. The Morgan fingerprint density at radius 2 is 1.28 bits per heavy atom. The van der Waals surface area contributed by atoms with Crippen LogP contribution >= 0.6 is 0 Å². The summed E-state index contributed by atoms with van der Waals surface area (Å²) in [6.45, 7) is 0. The van der Waals surface area contributed by atoms with E-state index < -0.39 is 12.1 Å². The molecule has 1 N–H and O–H groups in total. The molecule has 0 spiro atoms. The Morgan fingerprint density at radius 1 is 0.760 bits per heavy atom. The number of hydrogen-bond donors (Lipinski definition) is 1. The molecule has 126 valence electrons. The molecular formula is C22H20O3. The zero-order valence-corrected chi connectivity index (χ0v) is 13.8. The fourth-order valence-corrected chi connectivity index (χ4v) is 2.69. The Morgan fingerprint density at radius 3 is 1.84 bits per heavy atom. The van der Waals surface area contributed by atoms with Gasteiger partial charge in [-0.05, 0) is 35.2 Å². The highest BCUT2D eigenvalue weighted by atomic mass is 16.5. The number of benzene rings is 3. The lowest BCUT2D eigenvalue weighted by atomic mass is 10.0.